The molecule has 1 aromatic carbocycles. The summed E-state index contributed by atoms with van der Waals surface area (Å²) in [5, 5.41) is 13.2. The first-order valence-electron chi connectivity index (χ1n) is 10.5. The van der Waals surface area contributed by atoms with Crippen LogP contribution in [0.1, 0.15) is 31.8 Å². The lowest BCUT2D eigenvalue weighted by Crippen LogP contribution is -2.22. The van der Waals surface area contributed by atoms with Crippen LogP contribution in [-0.4, -0.2) is 38.7 Å². The Balaban J connectivity index is 1.33. The number of fused-ring (bicyclic) bond motifs is 3. The standard InChI is InChI=1S/C24H22N6O3/c1-33-18-6-2-5-16(10-18)24(32)27-22-19-7-9-30-14-17(11-20(30)21(19)28-29-22)23(31)26-13-15-4-3-8-25-12-15/h2-6,8,10-12,14H,7,9,13H2,1H3,(H,26,31)(H2,27,28,29,32). The van der Waals surface area contributed by atoms with E-state index >= 15 is 0 Å². The molecular weight excluding hydrogens is 420 g/mol. The van der Waals surface area contributed by atoms with E-state index in [1.165, 1.54) is 0 Å². The van der Waals surface area contributed by atoms with Crippen molar-refractivity contribution in [3.05, 3.63) is 83.3 Å². The molecule has 0 saturated carbocycles. The van der Waals surface area contributed by atoms with Crippen LogP contribution < -0.4 is 15.4 Å². The summed E-state index contributed by atoms with van der Waals surface area (Å²) in [7, 11) is 1.56. The lowest BCUT2D eigenvalue weighted by atomic mass is 10.1. The Hall–Kier alpha value is -4.40. The highest BCUT2D eigenvalue weighted by Crippen LogP contribution is 2.33. The highest BCUT2D eigenvalue weighted by atomic mass is 16.5. The van der Waals surface area contributed by atoms with Gasteiger partial charge in [-0.2, -0.15) is 5.10 Å². The molecule has 4 aromatic rings. The van der Waals surface area contributed by atoms with E-state index in [9.17, 15) is 9.59 Å². The maximum Gasteiger partial charge on any atom is 0.257 e. The quantitative estimate of drug-likeness (QED) is 0.425. The Kier molecular flexibility index (Phi) is 5.35. The number of hydrogen-bond donors (Lipinski definition) is 3. The van der Waals surface area contributed by atoms with E-state index < -0.39 is 0 Å². The van der Waals surface area contributed by atoms with Gasteiger partial charge in [0.1, 0.15) is 5.75 Å². The van der Waals surface area contributed by atoms with Crippen LogP contribution in [0.2, 0.25) is 0 Å². The van der Waals surface area contributed by atoms with Gasteiger partial charge in [0, 0.05) is 42.8 Å². The van der Waals surface area contributed by atoms with E-state index in [-0.39, 0.29) is 11.8 Å². The molecule has 0 unspecified atom stereocenters. The minimum absolute atomic E-state index is 0.159. The Labute approximate surface area is 189 Å². The third kappa shape index (κ3) is 4.08. The number of pyridine rings is 1. The Bertz CT molecular complexity index is 1330. The summed E-state index contributed by atoms with van der Waals surface area (Å²) in [4.78, 5) is 29.4. The second-order valence-electron chi connectivity index (χ2n) is 7.71. The van der Waals surface area contributed by atoms with Gasteiger partial charge in [-0.1, -0.05) is 12.1 Å². The number of aromatic nitrogens is 4. The number of H-pyrrole nitrogens is 1. The molecule has 9 nitrogen and oxygen atoms in total. The van der Waals surface area contributed by atoms with Gasteiger partial charge in [0.05, 0.1) is 24.1 Å². The molecule has 166 valence electrons. The van der Waals surface area contributed by atoms with Gasteiger partial charge in [-0.3, -0.25) is 19.7 Å². The van der Waals surface area contributed by atoms with E-state index in [1.54, 1.807) is 43.8 Å². The first-order chi connectivity index (χ1) is 16.1. The van der Waals surface area contributed by atoms with Crippen LogP contribution in [-0.2, 0) is 19.5 Å². The topological polar surface area (TPSA) is 114 Å². The van der Waals surface area contributed by atoms with Gasteiger partial charge in [-0.15, -0.1) is 0 Å². The molecular formula is C24H22N6O3. The van der Waals surface area contributed by atoms with Crippen LogP contribution in [0.5, 0.6) is 5.75 Å². The van der Waals surface area contributed by atoms with E-state index in [2.05, 4.69) is 25.8 Å². The Morgan fingerprint density at radius 3 is 2.88 bits per heavy atom. The van der Waals surface area contributed by atoms with Gasteiger partial charge in [-0.25, -0.2) is 0 Å². The van der Waals surface area contributed by atoms with Gasteiger partial charge in [-0.05, 0) is 42.3 Å². The third-order valence-corrected chi connectivity index (χ3v) is 5.62. The zero-order valence-electron chi connectivity index (χ0n) is 18.0. The lowest BCUT2D eigenvalue weighted by molar-refractivity contribution is 0.0950. The highest BCUT2D eigenvalue weighted by Gasteiger charge is 2.25. The van der Waals surface area contributed by atoms with Crippen molar-refractivity contribution in [1.29, 1.82) is 0 Å². The number of methoxy groups -OCH3 is 1. The van der Waals surface area contributed by atoms with E-state index in [4.69, 9.17) is 4.74 Å². The summed E-state index contributed by atoms with van der Waals surface area (Å²) in [5.74, 6) is 0.680. The molecule has 33 heavy (non-hydrogen) atoms. The molecule has 0 aliphatic carbocycles. The number of anilines is 1. The van der Waals surface area contributed by atoms with Crippen molar-refractivity contribution in [2.24, 2.45) is 0 Å². The van der Waals surface area contributed by atoms with Crippen molar-refractivity contribution in [3.8, 4) is 17.1 Å². The van der Waals surface area contributed by atoms with Crippen molar-refractivity contribution < 1.29 is 14.3 Å². The number of nitrogens with zero attached hydrogens (tertiary/aromatic N) is 3. The maximum atomic E-state index is 12.7. The predicted molar refractivity (Wildman–Crippen MR) is 122 cm³/mol. The van der Waals surface area contributed by atoms with Crippen molar-refractivity contribution >= 4 is 17.6 Å². The smallest absolute Gasteiger partial charge is 0.257 e. The molecule has 0 spiro atoms. The molecule has 0 atom stereocenters. The van der Waals surface area contributed by atoms with Crippen molar-refractivity contribution in [1.82, 2.24) is 25.1 Å². The van der Waals surface area contributed by atoms with Crippen molar-refractivity contribution in [2.45, 2.75) is 19.5 Å². The molecule has 1 aliphatic heterocycles. The largest absolute Gasteiger partial charge is 0.497 e. The number of amides is 2. The Morgan fingerprint density at radius 2 is 2.06 bits per heavy atom. The number of hydrogen-bond acceptors (Lipinski definition) is 5. The van der Waals surface area contributed by atoms with Gasteiger partial charge in [0.2, 0.25) is 0 Å². The predicted octanol–water partition coefficient (Wildman–Crippen LogP) is 3.02. The second-order valence-corrected chi connectivity index (χ2v) is 7.71. The molecule has 0 radical (unpaired) electrons. The molecule has 5 rings (SSSR count). The normalized spacial score (nSPS) is 11.9. The SMILES string of the molecule is COc1cccc(C(=O)Nc2n[nH]c3c2CCn2cc(C(=O)NCc4cccnc4)cc2-3)c1. The number of carbonyl (C=O) groups is 2. The molecule has 0 fully saturated rings. The number of nitrogens with one attached hydrogen (secondary N) is 3. The number of benzene rings is 1. The lowest BCUT2D eigenvalue weighted by Gasteiger charge is -2.16. The van der Waals surface area contributed by atoms with E-state index in [1.807, 2.05) is 29.0 Å². The molecule has 4 heterocycles. The average molecular weight is 442 g/mol. The monoisotopic (exact) mass is 442 g/mol. The van der Waals surface area contributed by atoms with Crippen molar-refractivity contribution in [2.75, 3.05) is 12.4 Å². The summed E-state index contributed by atoms with van der Waals surface area (Å²) in [6.07, 6.45) is 5.94. The summed E-state index contributed by atoms with van der Waals surface area (Å²) in [5.41, 5.74) is 4.56. The van der Waals surface area contributed by atoms with Crippen LogP contribution >= 0.6 is 0 Å². The molecule has 9 heteroatoms. The minimum atomic E-state index is -0.264. The third-order valence-electron chi connectivity index (χ3n) is 5.62. The average Bonchev–Trinajstić information content (AvgIpc) is 3.47. The first-order valence-corrected chi connectivity index (χ1v) is 10.5. The summed E-state index contributed by atoms with van der Waals surface area (Å²) >= 11 is 0. The van der Waals surface area contributed by atoms with Gasteiger partial charge < -0.3 is 19.9 Å². The molecule has 1 aliphatic rings. The van der Waals surface area contributed by atoms with E-state index in [0.29, 0.717) is 42.2 Å². The number of aryl methyl sites for hydroxylation is 1. The fourth-order valence-corrected chi connectivity index (χ4v) is 3.92. The first kappa shape index (κ1) is 20.5. The van der Waals surface area contributed by atoms with Crippen LogP contribution in [0, 0.1) is 0 Å². The van der Waals surface area contributed by atoms with Crippen LogP contribution in [0.3, 0.4) is 0 Å². The zero-order valence-corrected chi connectivity index (χ0v) is 18.0. The molecule has 0 saturated heterocycles. The van der Waals surface area contributed by atoms with E-state index in [0.717, 1.165) is 22.5 Å². The van der Waals surface area contributed by atoms with Crippen LogP contribution in [0.4, 0.5) is 5.82 Å². The zero-order chi connectivity index (χ0) is 22.8. The highest BCUT2D eigenvalue weighted by molar-refractivity contribution is 6.04. The van der Waals surface area contributed by atoms with Crippen LogP contribution in [0.15, 0.2) is 61.1 Å². The molecule has 3 N–H and O–H groups in total. The van der Waals surface area contributed by atoms with Crippen LogP contribution in [0.25, 0.3) is 11.4 Å². The summed E-state index contributed by atoms with van der Waals surface area (Å²) < 4.78 is 7.21. The fourth-order valence-electron chi connectivity index (χ4n) is 3.92. The number of aromatic amines is 1. The number of ether oxygens (including phenoxy) is 1. The molecule has 0 bridgehead atoms. The maximum absolute atomic E-state index is 12.7. The number of carbonyl (C=O) groups excluding carboxylic acids is 2. The minimum Gasteiger partial charge on any atom is -0.497 e. The van der Waals surface area contributed by atoms with Gasteiger partial charge >= 0.3 is 0 Å². The second kappa shape index (κ2) is 8.62. The van der Waals surface area contributed by atoms with Crippen molar-refractivity contribution in [3.63, 3.8) is 0 Å². The van der Waals surface area contributed by atoms with Gasteiger partial charge in [0.15, 0.2) is 5.82 Å². The Morgan fingerprint density at radius 1 is 1.15 bits per heavy atom. The summed E-state index contributed by atoms with van der Waals surface area (Å²) in [6.45, 7) is 1.09. The number of rotatable bonds is 6. The van der Waals surface area contributed by atoms with Gasteiger partial charge in [0.25, 0.3) is 11.8 Å². The fraction of sp³-hybridized carbons (Fsp3) is 0.167. The molecule has 2 amide bonds. The summed E-state index contributed by atoms with van der Waals surface area (Å²) in [6, 6.07) is 12.5. The molecule has 3 aromatic heterocycles.